The van der Waals surface area contributed by atoms with Crippen LogP contribution in [0.25, 0.3) is 21.2 Å². The Bertz CT molecular complexity index is 1380. The maximum Gasteiger partial charge on any atom is 0.264 e. The molecule has 1 fully saturated rings. The molecule has 7 nitrogen and oxygen atoms in total. The number of aromatic nitrogens is 1. The Morgan fingerprint density at radius 1 is 1.06 bits per heavy atom. The number of piperazine rings is 1. The standard InChI is InChI=1S/C26H24N6OS/c33-25(32-11-9-27-10-12-32)23-14-21-22(34-23)7-6-19-16-29-26(31-24(19)21)30-20-5-1-3-17(13-20)18-4-2-8-28-15-18/h1-8,13-16,26-27,30-31H,9-12H2. The van der Waals surface area contributed by atoms with Crippen LogP contribution in [0.2, 0.25) is 0 Å². The molecule has 1 unspecified atom stereocenters. The number of benzene rings is 2. The SMILES string of the molecule is O=C(c1cc2c3c(ccc2s1)C=NC(Nc1cccc(-c2cccnc2)c1)N3)N1CCNCC1. The number of fused-ring (bicyclic) bond motifs is 3. The minimum absolute atomic E-state index is 0.114. The second-order valence-corrected chi connectivity index (χ2v) is 9.47. The molecule has 0 bridgehead atoms. The van der Waals surface area contributed by atoms with Crippen LogP contribution in [0.15, 0.2) is 72.0 Å². The molecular formula is C26H24N6OS. The lowest BCUT2D eigenvalue weighted by atomic mass is 10.1. The van der Waals surface area contributed by atoms with Crippen molar-refractivity contribution >= 4 is 44.9 Å². The number of pyridine rings is 1. The second kappa shape index (κ2) is 8.89. The summed E-state index contributed by atoms with van der Waals surface area (Å²) in [6.07, 6.45) is 5.22. The van der Waals surface area contributed by atoms with Crippen molar-refractivity contribution in [2.75, 3.05) is 36.8 Å². The molecule has 4 heterocycles. The summed E-state index contributed by atoms with van der Waals surface area (Å²) in [6.45, 7) is 3.19. The van der Waals surface area contributed by atoms with Crippen LogP contribution in [0.1, 0.15) is 15.2 Å². The summed E-state index contributed by atoms with van der Waals surface area (Å²) in [5.74, 6) is 0.114. The fraction of sp³-hybridized carbons (Fsp3) is 0.192. The third kappa shape index (κ3) is 4.02. The van der Waals surface area contributed by atoms with Gasteiger partial charge in [-0.1, -0.05) is 18.2 Å². The summed E-state index contributed by atoms with van der Waals surface area (Å²) in [5.41, 5.74) is 5.15. The maximum atomic E-state index is 13.0. The van der Waals surface area contributed by atoms with E-state index in [1.807, 2.05) is 47.6 Å². The minimum Gasteiger partial charge on any atom is -0.347 e. The molecule has 1 amide bonds. The van der Waals surface area contributed by atoms with E-state index in [9.17, 15) is 4.79 Å². The van der Waals surface area contributed by atoms with Crippen molar-refractivity contribution in [3.63, 3.8) is 0 Å². The van der Waals surface area contributed by atoms with Crippen LogP contribution in [-0.2, 0) is 0 Å². The molecule has 6 rings (SSSR count). The quantitative estimate of drug-likeness (QED) is 0.417. The number of nitrogens with one attached hydrogen (secondary N) is 3. The van der Waals surface area contributed by atoms with Gasteiger partial charge in [-0.05, 0) is 42.0 Å². The molecule has 0 aliphatic carbocycles. The van der Waals surface area contributed by atoms with Gasteiger partial charge in [-0.25, -0.2) is 4.99 Å². The molecule has 2 aromatic heterocycles. The normalized spacial score (nSPS) is 17.3. The Labute approximate surface area is 201 Å². The van der Waals surface area contributed by atoms with Gasteiger partial charge in [-0.2, -0.15) is 0 Å². The topological polar surface area (TPSA) is 81.6 Å². The highest BCUT2D eigenvalue weighted by molar-refractivity contribution is 7.20. The molecule has 4 aromatic rings. The summed E-state index contributed by atoms with van der Waals surface area (Å²) in [5, 5.41) is 11.4. The number of hydrogen-bond acceptors (Lipinski definition) is 7. The van der Waals surface area contributed by atoms with Crippen LogP contribution in [-0.4, -0.2) is 54.5 Å². The summed E-state index contributed by atoms with van der Waals surface area (Å²) >= 11 is 1.55. The van der Waals surface area contributed by atoms with Gasteiger partial charge in [0.15, 0.2) is 6.29 Å². The predicted octanol–water partition coefficient (Wildman–Crippen LogP) is 4.25. The summed E-state index contributed by atoms with van der Waals surface area (Å²) in [7, 11) is 0. The molecule has 1 atom stereocenters. The van der Waals surface area contributed by atoms with Gasteiger partial charge in [-0.3, -0.25) is 9.78 Å². The molecule has 0 spiro atoms. The largest absolute Gasteiger partial charge is 0.347 e. The molecule has 2 aliphatic heterocycles. The van der Waals surface area contributed by atoms with E-state index in [-0.39, 0.29) is 12.2 Å². The Balaban J connectivity index is 1.25. The van der Waals surface area contributed by atoms with Crippen molar-refractivity contribution in [1.82, 2.24) is 15.2 Å². The fourth-order valence-corrected chi connectivity index (χ4v) is 5.45. The monoisotopic (exact) mass is 468 g/mol. The van der Waals surface area contributed by atoms with Crippen LogP contribution in [0.4, 0.5) is 11.4 Å². The summed E-state index contributed by atoms with van der Waals surface area (Å²) < 4.78 is 1.09. The van der Waals surface area contributed by atoms with E-state index < -0.39 is 0 Å². The number of anilines is 2. The highest BCUT2D eigenvalue weighted by Gasteiger charge is 2.23. The lowest BCUT2D eigenvalue weighted by Crippen LogP contribution is -2.46. The van der Waals surface area contributed by atoms with Gasteiger partial charge in [0.2, 0.25) is 0 Å². The average Bonchev–Trinajstić information content (AvgIpc) is 3.34. The average molecular weight is 469 g/mol. The first-order valence-corrected chi connectivity index (χ1v) is 12.2. The molecule has 3 N–H and O–H groups in total. The van der Waals surface area contributed by atoms with E-state index in [1.54, 1.807) is 17.5 Å². The molecule has 170 valence electrons. The molecule has 1 saturated heterocycles. The number of amides is 1. The first-order valence-electron chi connectivity index (χ1n) is 11.4. The maximum absolute atomic E-state index is 13.0. The van der Waals surface area contributed by atoms with Gasteiger partial charge in [0, 0.05) is 71.7 Å². The highest BCUT2D eigenvalue weighted by atomic mass is 32.1. The second-order valence-electron chi connectivity index (χ2n) is 8.39. The Morgan fingerprint density at radius 3 is 2.79 bits per heavy atom. The number of carbonyl (C=O) groups is 1. The van der Waals surface area contributed by atoms with Crippen molar-refractivity contribution in [3.8, 4) is 11.1 Å². The molecule has 0 saturated carbocycles. The van der Waals surface area contributed by atoms with Crippen molar-refractivity contribution in [2.45, 2.75) is 6.29 Å². The zero-order valence-electron chi connectivity index (χ0n) is 18.5. The third-order valence-electron chi connectivity index (χ3n) is 6.15. The molecule has 2 aliphatic rings. The third-order valence-corrected chi connectivity index (χ3v) is 7.24. The first kappa shape index (κ1) is 20.8. The van der Waals surface area contributed by atoms with Crippen LogP contribution in [0.5, 0.6) is 0 Å². The number of rotatable bonds is 4. The predicted molar refractivity (Wildman–Crippen MR) is 139 cm³/mol. The van der Waals surface area contributed by atoms with Gasteiger partial charge in [-0.15, -0.1) is 11.3 Å². The number of hydrogen-bond donors (Lipinski definition) is 3. The molecule has 8 heteroatoms. The number of thiophene rings is 1. The van der Waals surface area contributed by atoms with Gasteiger partial charge in [0.05, 0.1) is 10.6 Å². The zero-order valence-corrected chi connectivity index (χ0v) is 19.3. The van der Waals surface area contributed by atoms with E-state index in [0.717, 1.165) is 69.2 Å². The molecule has 34 heavy (non-hydrogen) atoms. The molecule has 0 radical (unpaired) electrons. The van der Waals surface area contributed by atoms with E-state index in [1.165, 1.54) is 0 Å². The molecular weight excluding hydrogens is 444 g/mol. The summed E-state index contributed by atoms with van der Waals surface area (Å²) in [4.78, 5) is 24.6. The first-order chi connectivity index (χ1) is 16.7. The van der Waals surface area contributed by atoms with Gasteiger partial charge in [0.1, 0.15) is 0 Å². The Kier molecular flexibility index (Phi) is 5.44. The highest BCUT2D eigenvalue weighted by Crippen LogP contribution is 2.36. The van der Waals surface area contributed by atoms with Crippen LogP contribution in [0.3, 0.4) is 0 Å². The number of nitrogens with zero attached hydrogens (tertiary/aromatic N) is 3. The van der Waals surface area contributed by atoms with E-state index >= 15 is 0 Å². The van der Waals surface area contributed by atoms with Crippen molar-refractivity contribution in [3.05, 3.63) is 77.4 Å². The van der Waals surface area contributed by atoms with Gasteiger partial charge >= 0.3 is 0 Å². The van der Waals surface area contributed by atoms with Crippen molar-refractivity contribution < 1.29 is 4.79 Å². The van der Waals surface area contributed by atoms with Gasteiger partial charge < -0.3 is 20.9 Å². The van der Waals surface area contributed by atoms with Gasteiger partial charge in [0.25, 0.3) is 5.91 Å². The van der Waals surface area contributed by atoms with Crippen LogP contribution in [0, 0.1) is 0 Å². The molecule has 2 aromatic carbocycles. The van der Waals surface area contributed by atoms with Crippen LogP contribution < -0.4 is 16.0 Å². The Morgan fingerprint density at radius 2 is 1.94 bits per heavy atom. The van der Waals surface area contributed by atoms with E-state index in [4.69, 9.17) is 0 Å². The van der Waals surface area contributed by atoms with Crippen molar-refractivity contribution in [1.29, 1.82) is 0 Å². The zero-order chi connectivity index (χ0) is 22.9. The van der Waals surface area contributed by atoms with E-state index in [0.29, 0.717) is 0 Å². The van der Waals surface area contributed by atoms with E-state index in [2.05, 4.69) is 50.2 Å². The summed E-state index contributed by atoms with van der Waals surface area (Å²) in [6, 6.07) is 18.4. The lowest BCUT2D eigenvalue weighted by molar-refractivity contribution is 0.0741. The minimum atomic E-state index is -0.311. The number of carbonyl (C=O) groups excluding carboxylic acids is 1. The Hall–Kier alpha value is -3.75. The van der Waals surface area contributed by atoms with Crippen LogP contribution >= 0.6 is 11.3 Å². The van der Waals surface area contributed by atoms with Crippen molar-refractivity contribution in [2.24, 2.45) is 4.99 Å². The fourth-order valence-electron chi connectivity index (χ4n) is 4.41. The lowest BCUT2D eigenvalue weighted by Gasteiger charge is -2.26. The smallest absolute Gasteiger partial charge is 0.264 e. The number of aliphatic imine (C=N–C) groups is 1.